The standard InChI is InChI=1S/C19H24N4O/c20-19(24)18-12-17(21-14-22-18)11-15-7-4-9-23(10-8-15)13-16-5-2-1-3-6-16/h1-3,5-6,12,14-15H,4,7-11,13H2,(H2,20,24)/t15-/m0/s1. The minimum Gasteiger partial charge on any atom is -0.364 e. The molecule has 0 radical (unpaired) electrons. The molecule has 2 heterocycles. The number of benzene rings is 1. The predicted octanol–water partition coefficient (Wildman–Crippen LogP) is 2.42. The monoisotopic (exact) mass is 324 g/mol. The molecule has 1 amide bonds. The number of hydrogen-bond donors (Lipinski definition) is 1. The zero-order valence-electron chi connectivity index (χ0n) is 13.9. The van der Waals surface area contributed by atoms with Crippen LogP contribution in [0.1, 0.15) is 41.0 Å². The molecule has 1 saturated heterocycles. The van der Waals surface area contributed by atoms with Crippen molar-refractivity contribution in [2.75, 3.05) is 13.1 Å². The van der Waals surface area contributed by atoms with E-state index in [1.807, 2.05) is 0 Å². The second-order valence-electron chi connectivity index (χ2n) is 6.52. The van der Waals surface area contributed by atoms with Crippen molar-refractivity contribution in [1.82, 2.24) is 14.9 Å². The molecule has 5 nitrogen and oxygen atoms in total. The molecule has 126 valence electrons. The van der Waals surface area contributed by atoms with Crippen molar-refractivity contribution in [2.24, 2.45) is 11.7 Å². The minimum absolute atomic E-state index is 0.305. The van der Waals surface area contributed by atoms with Crippen molar-refractivity contribution in [3.8, 4) is 0 Å². The molecule has 0 spiro atoms. The van der Waals surface area contributed by atoms with E-state index in [4.69, 9.17) is 5.73 Å². The lowest BCUT2D eigenvalue weighted by atomic mass is 9.95. The van der Waals surface area contributed by atoms with Gasteiger partial charge in [-0.3, -0.25) is 9.69 Å². The van der Waals surface area contributed by atoms with E-state index in [-0.39, 0.29) is 0 Å². The highest BCUT2D eigenvalue weighted by atomic mass is 16.1. The summed E-state index contributed by atoms with van der Waals surface area (Å²) in [5.41, 5.74) is 7.89. The number of nitrogens with zero attached hydrogens (tertiary/aromatic N) is 3. The first kappa shape index (κ1) is 16.6. The van der Waals surface area contributed by atoms with Crippen molar-refractivity contribution in [3.63, 3.8) is 0 Å². The fraction of sp³-hybridized carbons (Fsp3) is 0.421. The molecule has 5 heteroatoms. The lowest BCUT2D eigenvalue weighted by Gasteiger charge is -2.20. The van der Waals surface area contributed by atoms with Crippen molar-refractivity contribution in [3.05, 3.63) is 59.7 Å². The van der Waals surface area contributed by atoms with Gasteiger partial charge in [0.25, 0.3) is 5.91 Å². The van der Waals surface area contributed by atoms with Crippen LogP contribution in [0.25, 0.3) is 0 Å². The van der Waals surface area contributed by atoms with Gasteiger partial charge < -0.3 is 5.73 Å². The summed E-state index contributed by atoms with van der Waals surface area (Å²) in [6, 6.07) is 12.4. The Balaban J connectivity index is 1.55. The third-order valence-electron chi connectivity index (χ3n) is 4.66. The third-order valence-corrected chi connectivity index (χ3v) is 4.66. The highest BCUT2D eigenvalue weighted by molar-refractivity contribution is 5.90. The maximum Gasteiger partial charge on any atom is 0.267 e. The SMILES string of the molecule is NC(=O)c1cc(C[C@H]2CCCN(Cc3ccccc3)CC2)ncn1. The fourth-order valence-corrected chi connectivity index (χ4v) is 3.37. The van der Waals surface area contributed by atoms with E-state index in [0.717, 1.165) is 38.2 Å². The summed E-state index contributed by atoms with van der Waals surface area (Å²) in [7, 11) is 0. The molecule has 0 bridgehead atoms. The summed E-state index contributed by atoms with van der Waals surface area (Å²) in [5.74, 6) is 0.106. The van der Waals surface area contributed by atoms with Crippen LogP contribution >= 0.6 is 0 Å². The van der Waals surface area contributed by atoms with E-state index in [1.54, 1.807) is 6.07 Å². The number of nitrogens with two attached hydrogens (primary N) is 1. The Labute approximate surface area is 142 Å². The summed E-state index contributed by atoms with van der Waals surface area (Å²) in [6.07, 6.45) is 5.88. The average Bonchev–Trinajstić information content (AvgIpc) is 2.81. The molecule has 0 aliphatic carbocycles. The zero-order valence-corrected chi connectivity index (χ0v) is 13.9. The summed E-state index contributed by atoms with van der Waals surface area (Å²) in [5, 5.41) is 0. The maximum absolute atomic E-state index is 11.2. The van der Waals surface area contributed by atoms with Crippen LogP contribution in [0.3, 0.4) is 0 Å². The van der Waals surface area contributed by atoms with E-state index in [9.17, 15) is 4.79 Å². The highest BCUT2D eigenvalue weighted by Gasteiger charge is 2.18. The Bertz CT molecular complexity index is 674. The fourth-order valence-electron chi connectivity index (χ4n) is 3.37. The van der Waals surface area contributed by atoms with Crippen molar-refractivity contribution in [1.29, 1.82) is 0 Å². The van der Waals surface area contributed by atoms with Crippen LogP contribution < -0.4 is 5.73 Å². The first-order valence-corrected chi connectivity index (χ1v) is 8.57. The van der Waals surface area contributed by atoms with Gasteiger partial charge in [0.05, 0.1) is 0 Å². The van der Waals surface area contributed by atoms with E-state index in [0.29, 0.717) is 11.6 Å². The largest absolute Gasteiger partial charge is 0.364 e. The van der Waals surface area contributed by atoms with Gasteiger partial charge in [-0.2, -0.15) is 0 Å². The van der Waals surface area contributed by atoms with Crippen LogP contribution in [0.4, 0.5) is 0 Å². The number of amides is 1. The molecule has 1 aromatic heterocycles. The van der Waals surface area contributed by atoms with Gasteiger partial charge in [-0.05, 0) is 56.3 Å². The van der Waals surface area contributed by atoms with Gasteiger partial charge >= 0.3 is 0 Å². The van der Waals surface area contributed by atoms with Crippen molar-refractivity contribution >= 4 is 5.91 Å². The molecule has 3 rings (SSSR count). The lowest BCUT2D eigenvalue weighted by Crippen LogP contribution is -2.24. The first-order chi connectivity index (χ1) is 11.7. The van der Waals surface area contributed by atoms with Crippen LogP contribution in [-0.4, -0.2) is 33.9 Å². The number of carbonyl (C=O) groups excluding carboxylic acids is 1. The number of rotatable bonds is 5. The number of aromatic nitrogens is 2. The molecule has 0 unspecified atom stereocenters. The van der Waals surface area contributed by atoms with Crippen LogP contribution in [0.15, 0.2) is 42.7 Å². The normalized spacial score (nSPS) is 18.9. The molecule has 24 heavy (non-hydrogen) atoms. The maximum atomic E-state index is 11.2. The second kappa shape index (κ2) is 8.02. The van der Waals surface area contributed by atoms with E-state index in [1.165, 1.54) is 24.7 Å². The molecular formula is C19H24N4O. The van der Waals surface area contributed by atoms with Crippen LogP contribution in [0.2, 0.25) is 0 Å². The quantitative estimate of drug-likeness (QED) is 0.917. The Hall–Kier alpha value is -2.27. The number of carbonyl (C=O) groups is 1. The summed E-state index contributed by atoms with van der Waals surface area (Å²) in [4.78, 5) is 22.0. The molecule has 2 aromatic rings. The Kier molecular flexibility index (Phi) is 5.54. The molecular weight excluding hydrogens is 300 g/mol. The molecule has 1 aromatic carbocycles. The van der Waals surface area contributed by atoms with E-state index >= 15 is 0 Å². The highest BCUT2D eigenvalue weighted by Crippen LogP contribution is 2.22. The second-order valence-corrected chi connectivity index (χ2v) is 6.52. The van der Waals surface area contributed by atoms with E-state index in [2.05, 4.69) is 45.2 Å². The molecule has 1 atom stereocenters. The van der Waals surface area contributed by atoms with Gasteiger partial charge in [0, 0.05) is 12.2 Å². The average molecular weight is 324 g/mol. The predicted molar refractivity (Wildman–Crippen MR) is 93.3 cm³/mol. The van der Waals surface area contributed by atoms with Crippen LogP contribution in [0, 0.1) is 5.92 Å². The van der Waals surface area contributed by atoms with Crippen LogP contribution in [0.5, 0.6) is 0 Å². The van der Waals surface area contributed by atoms with Crippen molar-refractivity contribution < 1.29 is 4.79 Å². The number of likely N-dealkylation sites (tertiary alicyclic amines) is 1. The van der Waals surface area contributed by atoms with Gasteiger partial charge in [0.1, 0.15) is 12.0 Å². The first-order valence-electron chi connectivity index (χ1n) is 8.57. The Morgan fingerprint density at radius 1 is 1.17 bits per heavy atom. The Morgan fingerprint density at radius 2 is 2.00 bits per heavy atom. The van der Waals surface area contributed by atoms with Gasteiger partial charge in [-0.25, -0.2) is 9.97 Å². The minimum atomic E-state index is -0.492. The smallest absolute Gasteiger partial charge is 0.267 e. The van der Waals surface area contributed by atoms with Gasteiger partial charge in [0.15, 0.2) is 0 Å². The summed E-state index contributed by atoms with van der Waals surface area (Å²) >= 11 is 0. The van der Waals surface area contributed by atoms with Gasteiger partial charge in [-0.1, -0.05) is 30.3 Å². The number of primary amides is 1. The van der Waals surface area contributed by atoms with Gasteiger partial charge in [0.2, 0.25) is 0 Å². The zero-order chi connectivity index (χ0) is 16.8. The molecule has 1 aliphatic rings. The van der Waals surface area contributed by atoms with Crippen molar-refractivity contribution in [2.45, 2.75) is 32.2 Å². The molecule has 0 saturated carbocycles. The number of hydrogen-bond acceptors (Lipinski definition) is 4. The molecule has 2 N–H and O–H groups in total. The molecule has 1 fully saturated rings. The molecule has 1 aliphatic heterocycles. The van der Waals surface area contributed by atoms with E-state index < -0.39 is 5.91 Å². The van der Waals surface area contributed by atoms with Gasteiger partial charge in [-0.15, -0.1) is 0 Å². The van der Waals surface area contributed by atoms with Crippen LogP contribution in [-0.2, 0) is 13.0 Å². The summed E-state index contributed by atoms with van der Waals surface area (Å²) < 4.78 is 0. The summed E-state index contributed by atoms with van der Waals surface area (Å²) in [6.45, 7) is 3.27. The topological polar surface area (TPSA) is 72.1 Å². The lowest BCUT2D eigenvalue weighted by molar-refractivity contribution is 0.0995. The third kappa shape index (κ3) is 4.61. The Morgan fingerprint density at radius 3 is 2.79 bits per heavy atom.